The van der Waals surface area contributed by atoms with Gasteiger partial charge in [-0.2, -0.15) is 0 Å². The molecule has 0 heterocycles. The molecular formula is C21H25N3O2. The van der Waals surface area contributed by atoms with Crippen LogP contribution in [0.5, 0.6) is 0 Å². The number of benzene rings is 2. The number of carbonyl (C=O) groups is 2. The molecule has 1 aliphatic carbocycles. The van der Waals surface area contributed by atoms with Gasteiger partial charge in [-0.15, -0.1) is 0 Å². The number of anilines is 2. The minimum atomic E-state index is -0.313. The average Bonchev–Trinajstić information content (AvgIpc) is 2.91. The molecule has 136 valence electrons. The van der Waals surface area contributed by atoms with Crippen molar-refractivity contribution in [3.8, 4) is 0 Å². The third-order valence-electron chi connectivity index (χ3n) is 4.63. The van der Waals surface area contributed by atoms with E-state index in [1.54, 1.807) is 24.3 Å². The summed E-state index contributed by atoms with van der Waals surface area (Å²) in [7, 11) is 0. The molecule has 3 amide bonds. The maximum Gasteiger partial charge on any atom is 0.323 e. The van der Waals surface area contributed by atoms with Gasteiger partial charge in [0.15, 0.2) is 0 Å². The molecule has 3 rings (SSSR count). The molecule has 0 atom stereocenters. The molecule has 3 N–H and O–H groups in total. The standard InChI is InChI=1S/C21H25N3O2/c25-20(22-17-8-4-1-2-5-9-17)16-12-14-19(15-13-16)24-21(26)23-18-10-6-3-7-11-18/h3,6-7,10-15,17H,1-2,4-5,8-9H2,(H,22,25)(H2,23,24,26). The van der Waals surface area contributed by atoms with E-state index in [0.29, 0.717) is 11.3 Å². The third-order valence-corrected chi connectivity index (χ3v) is 4.63. The predicted molar refractivity (Wildman–Crippen MR) is 104 cm³/mol. The van der Waals surface area contributed by atoms with Crippen LogP contribution >= 0.6 is 0 Å². The molecule has 0 spiro atoms. The van der Waals surface area contributed by atoms with Gasteiger partial charge in [0.05, 0.1) is 0 Å². The van der Waals surface area contributed by atoms with Crippen LogP contribution in [0.4, 0.5) is 16.2 Å². The molecule has 2 aromatic carbocycles. The first-order valence-corrected chi connectivity index (χ1v) is 9.25. The number of hydrogen-bond acceptors (Lipinski definition) is 2. The fraction of sp³-hybridized carbons (Fsp3) is 0.333. The van der Waals surface area contributed by atoms with Gasteiger partial charge in [-0.25, -0.2) is 4.79 Å². The summed E-state index contributed by atoms with van der Waals surface area (Å²) in [6.07, 6.45) is 7.01. The Labute approximate surface area is 154 Å². The van der Waals surface area contributed by atoms with Crippen LogP contribution in [0.3, 0.4) is 0 Å². The van der Waals surface area contributed by atoms with Crippen molar-refractivity contribution in [1.29, 1.82) is 0 Å². The monoisotopic (exact) mass is 351 g/mol. The summed E-state index contributed by atoms with van der Waals surface area (Å²) in [5.74, 6) is -0.0443. The summed E-state index contributed by atoms with van der Waals surface area (Å²) >= 11 is 0. The number of carbonyl (C=O) groups excluding carboxylic acids is 2. The topological polar surface area (TPSA) is 70.2 Å². The fourth-order valence-corrected chi connectivity index (χ4v) is 3.21. The van der Waals surface area contributed by atoms with E-state index in [4.69, 9.17) is 0 Å². The third kappa shape index (κ3) is 5.34. The van der Waals surface area contributed by atoms with Gasteiger partial charge >= 0.3 is 6.03 Å². The van der Waals surface area contributed by atoms with E-state index in [1.807, 2.05) is 30.3 Å². The van der Waals surface area contributed by atoms with Gasteiger partial charge in [-0.3, -0.25) is 4.79 Å². The molecule has 1 fully saturated rings. The highest BCUT2D eigenvalue weighted by molar-refractivity contribution is 6.00. The molecular weight excluding hydrogens is 326 g/mol. The van der Waals surface area contributed by atoms with Crippen LogP contribution in [-0.2, 0) is 0 Å². The molecule has 1 saturated carbocycles. The zero-order chi connectivity index (χ0) is 18.2. The van der Waals surface area contributed by atoms with Crippen LogP contribution in [0.1, 0.15) is 48.9 Å². The second-order valence-electron chi connectivity index (χ2n) is 6.68. The molecule has 0 aliphatic heterocycles. The highest BCUT2D eigenvalue weighted by Crippen LogP contribution is 2.18. The van der Waals surface area contributed by atoms with Crippen LogP contribution in [0, 0.1) is 0 Å². The van der Waals surface area contributed by atoms with Crippen molar-refractivity contribution in [2.75, 3.05) is 10.6 Å². The minimum Gasteiger partial charge on any atom is -0.349 e. The molecule has 0 aromatic heterocycles. The van der Waals surface area contributed by atoms with Gasteiger partial charge in [0.2, 0.25) is 0 Å². The Morgan fingerprint density at radius 1 is 0.731 bits per heavy atom. The molecule has 0 unspecified atom stereocenters. The lowest BCUT2D eigenvalue weighted by molar-refractivity contribution is 0.0933. The van der Waals surface area contributed by atoms with Gasteiger partial charge in [0.1, 0.15) is 0 Å². The summed E-state index contributed by atoms with van der Waals surface area (Å²) < 4.78 is 0. The minimum absolute atomic E-state index is 0.0443. The molecule has 0 saturated heterocycles. The van der Waals surface area contributed by atoms with Gasteiger partial charge in [0.25, 0.3) is 5.91 Å². The van der Waals surface area contributed by atoms with Crippen molar-refractivity contribution in [3.05, 3.63) is 60.2 Å². The number of amides is 3. The molecule has 1 aliphatic rings. The van der Waals surface area contributed by atoms with Crippen molar-refractivity contribution in [2.24, 2.45) is 0 Å². The SMILES string of the molecule is O=C(Nc1ccccc1)Nc1ccc(C(=O)NC2CCCCCC2)cc1. The molecule has 5 heteroatoms. The first-order chi connectivity index (χ1) is 12.7. The quantitative estimate of drug-likeness (QED) is 0.694. The Kier molecular flexibility index (Phi) is 6.25. The van der Waals surface area contributed by atoms with Crippen LogP contribution in [-0.4, -0.2) is 18.0 Å². The van der Waals surface area contributed by atoms with E-state index >= 15 is 0 Å². The lowest BCUT2D eigenvalue weighted by Gasteiger charge is -2.16. The predicted octanol–water partition coefficient (Wildman–Crippen LogP) is 4.78. The van der Waals surface area contributed by atoms with Gasteiger partial charge < -0.3 is 16.0 Å². The van der Waals surface area contributed by atoms with E-state index in [2.05, 4.69) is 16.0 Å². The van der Waals surface area contributed by atoms with Crippen molar-refractivity contribution < 1.29 is 9.59 Å². The van der Waals surface area contributed by atoms with Crippen molar-refractivity contribution in [2.45, 2.75) is 44.6 Å². The van der Waals surface area contributed by atoms with Crippen LogP contribution in [0.15, 0.2) is 54.6 Å². The van der Waals surface area contributed by atoms with E-state index in [-0.39, 0.29) is 18.0 Å². The summed E-state index contributed by atoms with van der Waals surface area (Å²) in [5.41, 5.74) is 1.98. The molecule has 2 aromatic rings. The normalized spacial score (nSPS) is 14.9. The molecule has 0 bridgehead atoms. The second kappa shape index (κ2) is 9.04. The number of hydrogen-bond donors (Lipinski definition) is 3. The fourth-order valence-electron chi connectivity index (χ4n) is 3.21. The second-order valence-corrected chi connectivity index (χ2v) is 6.68. The molecule has 26 heavy (non-hydrogen) atoms. The van der Waals surface area contributed by atoms with Crippen LogP contribution < -0.4 is 16.0 Å². The number of para-hydroxylation sites is 1. The maximum atomic E-state index is 12.4. The maximum absolute atomic E-state index is 12.4. The molecule has 0 radical (unpaired) electrons. The first kappa shape index (κ1) is 18.0. The number of rotatable bonds is 4. The average molecular weight is 351 g/mol. The van der Waals surface area contributed by atoms with E-state index < -0.39 is 0 Å². The summed E-state index contributed by atoms with van der Waals surface area (Å²) in [4.78, 5) is 24.4. The molecule has 5 nitrogen and oxygen atoms in total. The Balaban J connectivity index is 1.52. The van der Waals surface area contributed by atoms with Gasteiger partial charge in [0, 0.05) is 23.0 Å². The highest BCUT2D eigenvalue weighted by atomic mass is 16.2. The summed E-state index contributed by atoms with van der Waals surface area (Å²) in [6.45, 7) is 0. The Hall–Kier alpha value is -2.82. The van der Waals surface area contributed by atoms with Crippen LogP contribution in [0.2, 0.25) is 0 Å². The van der Waals surface area contributed by atoms with Gasteiger partial charge in [-0.1, -0.05) is 43.9 Å². The van der Waals surface area contributed by atoms with Crippen molar-refractivity contribution in [1.82, 2.24) is 5.32 Å². The Morgan fingerprint density at radius 2 is 1.31 bits per heavy atom. The van der Waals surface area contributed by atoms with Gasteiger partial charge in [-0.05, 0) is 49.2 Å². The first-order valence-electron chi connectivity index (χ1n) is 9.25. The summed E-state index contributed by atoms with van der Waals surface area (Å²) in [6, 6.07) is 16.2. The zero-order valence-electron chi connectivity index (χ0n) is 14.8. The number of nitrogens with one attached hydrogen (secondary N) is 3. The van der Waals surface area contributed by atoms with Crippen molar-refractivity contribution in [3.63, 3.8) is 0 Å². The zero-order valence-corrected chi connectivity index (χ0v) is 14.8. The van der Waals surface area contributed by atoms with Crippen LogP contribution in [0.25, 0.3) is 0 Å². The van der Waals surface area contributed by atoms with Crippen molar-refractivity contribution >= 4 is 23.3 Å². The Bertz CT molecular complexity index is 721. The van der Waals surface area contributed by atoms with E-state index in [0.717, 1.165) is 18.5 Å². The Morgan fingerprint density at radius 3 is 1.92 bits per heavy atom. The van der Waals surface area contributed by atoms with E-state index in [1.165, 1.54) is 25.7 Å². The lowest BCUT2D eigenvalue weighted by Crippen LogP contribution is -2.34. The smallest absolute Gasteiger partial charge is 0.323 e. The lowest BCUT2D eigenvalue weighted by atomic mass is 10.1. The number of urea groups is 1. The van der Waals surface area contributed by atoms with E-state index in [9.17, 15) is 9.59 Å². The largest absolute Gasteiger partial charge is 0.349 e. The highest BCUT2D eigenvalue weighted by Gasteiger charge is 2.15. The summed E-state index contributed by atoms with van der Waals surface area (Å²) in [5, 5.41) is 8.65.